The summed E-state index contributed by atoms with van der Waals surface area (Å²) >= 11 is 1.23. The molecule has 3 rings (SSSR count). The minimum Gasteiger partial charge on any atom is -0.343 e. The van der Waals surface area contributed by atoms with E-state index in [1.165, 1.54) is 11.8 Å². The van der Waals surface area contributed by atoms with Gasteiger partial charge in [0.05, 0.1) is 6.10 Å². The van der Waals surface area contributed by atoms with Crippen LogP contribution < -0.4 is 0 Å². The first-order valence-electron chi connectivity index (χ1n) is 7.17. The summed E-state index contributed by atoms with van der Waals surface area (Å²) in [7, 11) is 0. The van der Waals surface area contributed by atoms with Crippen molar-refractivity contribution in [2.45, 2.75) is 76.9 Å². The number of hydrogen-bond acceptors (Lipinski definition) is 7. The van der Waals surface area contributed by atoms with Crippen LogP contribution in [0.1, 0.15) is 34.6 Å². The van der Waals surface area contributed by atoms with E-state index >= 15 is 0 Å². The Morgan fingerprint density at radius 3 is 2.19 bits per heavy atom. The second-order valence-corrected chi connectivity index (χ2v) is 7.71. The van der Waals surface area contributed by atoms with Crippen molar-refractivity contribution in [3.05, 3.63) is 0 Å². The Morgan fingerprint density at radius 1 is 0.952 bits per heavy atom. The minimum absolute atomic E-state index is 0.0550. The van der Waals surface area contributed by atoms with E-state index in [0.29, 0.717) is 5.75 Å². The van der Waals surface area contributed by atoms with Gasteiger partial charge in [-0.05, 0) is 27.7 Å². The molecular formula is C14H22O6S. The van der Waals surface area contributed by atoms with Crippen LogP contribution in [0.25, 0.3) is 0 Å². The standard InChI is InChI=1S/C14H22O6S/c1-7(15)21-6-8-9-10(18-13(2,3)17-9)11-12(16-8)20-14(4,5)19-11/h8-12H,6H2,1-5H3/t8-,9+,10+,11-,12-/m0/s1. The van der Waals surface area contributed by atoms with Crippen molar-refractivity contribution in [1.29, 1.82) is 0 Å². The lowest BCUT2D eigenvalue weighted by Gasteiger charge is -2.37. The molecule has 3 heterocycles. The zero-order valence-electron chi connectivity index (χ0n) is 13.0. The largest absolute Gasteiger partial charge is 0.343 e. The maximum absolute atomic E-state index is 11.2. The molecule has 0 radical (unpaired) electrons. The molecule has 7 heteroatoms. The van der Waals surface area contributed by atoms with Gasteiger partial charge in [-0.1, -0.05) is 11.8 Å². The van der Waals surface area contributed by atoms with Crippen LogP contribution in [0.5, 0.6) is 0 Å². The van der Waals surface area contributed by atoms with E-state index in [-0.39, 0.29) is 29.5 Å². The lowest BCUT2D eigenvalue weighted by atomic mass is 10.00. The molecule has 3 aliphatic heterocycles. The van der Waals surface area contributed by atoms with Crippen molar-refractivity contribution in [3.63, 3.8) is 0 Å². The van der Waals surface area contributed by atoms with Crippen LogP contribution in [0.3, 0.4) is 0 Å². The van der Waals surface area contributed by atoms with E-state index in [9.17, 15) is 4.79 Å². The van der Waals surface area contributed by atoms with Gasteiger partial charge >= 0.3 is 0 Å². The quantitative estimate of drug-likeness (QED) is 0.767. The molecule has 3 saturated heterocycles. The molecule has 3 fully saturated rings. The Bertz CT molecular complexity index is 437. The van der Waals surface area contributed by atoms with Gasteiger partial charge in [-0.15, -0.1) is 0 Å². The first kappa shape index (κ1) is 15.7. The maximum Gasteiger partial charge on any atom is 0.190 e. The fourth-order valence-electron chi connectivity index (χ4n) is 3.03. The Labute approximate surface area is 128 Å². The zero-order chi connectivity index (χ0) is 15.4. The maximum atomic E-state index is 11.2. The van der Waals surface area contributed by atoms with Crippen molar-refractivity contribution in [2.24, 2.45) is 0 Å². The number of carbonyl (C=O) groups is 1. The van der Waals surface area contributed by atoms with Crippen molar-refractivity contribution in [3.8, 4) is 0 Å². The molecule has 0 amide bonds. The third kappa shape index (κ3) is 3.13. The van der Waals surface area contributed by atoms with Gasteiger partial charge < -0.3 is 23.7 Å². The number of fused-ring (bicyclic) bond motifs is 3. The van der Waals surface area contributed by atoms with Crippen LogP contribution in [-0.4, -0.2) is 53.1 Å². The second-order valence-electron chi connectivity index (χ2n) is 6.51. The van der Waals surface area contributed by atoms with Gasteiger partial charge in [0, 0.05) is 12.7 Å². The van der Waals surface area contributed by atoms with Gasteiger partial charge in [0.1, 0.15) is 18.3 Å². The highest BCUT2D eigenvalue weighted by molar-refractivity contribution is 8.13. The van der Waals surface area contributed by atoms with E-state index < -0.39 is 17.9 Å². The van der Waals surface area contributed by atoms with Crippen LogP contribution in [0.15, 0.2) is 0 Å². The van der Waals surface area contributed by atoms with Gasteiger partial charge in [-0.25, -0.2) is 0 Å². The highest BCUT2D eigenvalue weighted by Gasteiger charge is 2.60. The van der Waals surface area contributed by atoms with Gasteiger partial charge in [0.25, 0.3) is 0 Å². The Kier molecular flexibility index (Phi) is 3.87. The summed E-state index contributed by atoms with van der Waals surface area (Å²) in [5.41, 5.74) is 0. The first-order valence-corrected chi connectivity index (χ1v) is 8.15. The van der Waals surface area contributed by atoms with Gasteiger partial charge in [-0.2, -0.15) is 0 Å². The number of thioether (sulfide) groups is 1. The van der Waals surface area contributed by atoms with Crippen molar-refractivity contribution < 1.29 is 28.5 Å². The van der Waals surface area contributed by atoms with Crippen LogP contribution in [0, 0.1) is 0 Å². The normalized spacial score (nSPS) is 43.4. The van der Waals surface area contributed by atoms with Crippen LogP contribution in [-0.2, 0) is 28.5 Å². The van der Waals surface area contributed by atoms with Crippen molar-refractivity contribution >= 4 is 16.9 Å². The minimum atomic E-state index is -0.710. The van der Waals surface area contributed by atoms with Gasteiger partial charge in [-0.3, -0.25) is 4.79 Å². The molecule has 0 aliphatic carbocycles. The average molecular weight is 318 g/mol. The van der Waals surface area contributed by atoms with Crippen molar-refractivity contribution in [2.75, 3.05) is 5.75 Å². The third-order valence-corrected chi connectivity index (χ3v) is 4.60. The molecule has 0 spiro atoms. The molecule has 0 saturated carbocycles. The molecule has 0 bridgehead atoms. The zero-order valence-corrected chi connectivity index (χ0v) is 13.8. The van der Waals surface area contributed by atoms with E-state index in [4.69, 9.17) is 23.7 Å². The summed E-state index contributed by atoms with van der Waals surface area (Å²) in [6, 6.07) is 0. The summed E-state index contributed by atoms with van der Waals surface area (Å²) < 4.78 is 29.6. The molecule has 6 nitrogen and oxygen atoms in total. The fourth-order valence-corrected chi connectivity index (χ4v) is 3.69. The predicted molar refractivity (Wildman–Crippen MR) is 75.7 cm³/mol. The topological polar surface area (TPSA) is 63.2 Å². The number of hydrogen-bond donors (Lipinski definition) is 0. The van der Waals surface area contributed by atoms with Crippen LogP contribution in [0.4, 0.5) is 0 Å². The molecule has 0 aromatic heterocycles. The van der Waals surface area contributed by atoms with Crippen LogP contribution >= 0.6 is 11.8 Å². The molecule has 0 aromatic carbocycles. The second kappa shape index (κ2) is 5.18. The highest BCUT2D eigenvalue weighted by atomic mass is 32.2. The third-order valence-electron chi connectivity index (χ3n) is 3.70. The Balaban J connectivity index is 1.80. The summed E-state index contributed by atoms with van der Waals surface area (Å²) in [5.74, 6) is -0.885. The molecule has 0 aromatic rings. The smallest absolute Gasteiger partial charge is 0.190 e. The van der Waals surface area contributed by atoms with E-state index in [2.05, 4.69) is 0 Å². The van der Waals surface area contributed by atoms with E-state index in [1.807, 2.05) is 27.7 Å². The number of carbonyl (C=O) groups excluding carboxylic acids is 1. The van der Waals surface area contributed by atoms with E-state index in [1.54, 1.807) is 6.92 Å². The first-order chi connectivity index (χ1) is 9.67. The fraction of sp³-hybridized carbons (Fsp3) is 0.929. The lowest BCUT2D eigenvalue weighted by Crippen LogP contribution is -2.55. The summed E-state index contributed by atoms with van der Waals surface area (Å²) in [6.45, 7) is 8.99. The highest BCUT2D eigenvalue weighted by Crippen LogP contribution is 2.44. The SMILES string of the molecule is CC(=O)SC[C@@H]1O[C@H]2OC(C)(C)O[C@H]2[C@@H]2OC(C)(C)O[C@@H]21. The number of rotatable bonds is 2. The van der Waals surface area contributed by atoms with E-state index in [0.717, 1.165) is 0 Å². The van der Waals surface area contributed by atoms with Crippen molar-refractivity contribution in [1.82, 2.24) is 0 Å². The molecule has 0 unspecified atom stereocenters. The molecule has 3 aliphatic rings. The molecule has 21 heavy (non-hydrogen) atoms. The molecule has 5 atom stereocenters. The van der Waals surface area contributed by atoms with Gasteiger partial charge in [0.15, 0.2) is 23.0 Å². The van der Waals surface area contributed by atoms with Gasteiger partial charge in [0.2, 0.25) is 0 Å². The molecule has 120 valence electrons. The average Bonchev–Trinajstić information content (AvgIpc) is 2.80. The summed E-state index contributed by atoms with van der Waals surface area (Å²) in [6.07, 6.45) is -1.57. The summed E-state index contributed by atoms with van der Waals surface area (Å²) in [4.78, 5) is 11.2. The van der Waals surface area contributed by atoms with Crippen LogP contribution in [0.2, 0.25) is 0 Å². The Hall–Kier alpha value is -0.180. The molecule has 0 N–H and O–H groups in total. The Morgan fingerprint density at radius 2 is 1.52 bits per heavy atom. The predicted octanol–water partition coefficient (Wildman–Crippen LogP) is 1.66. The monoisotopic (exact) mass is 318 g/mol. The summed E-state index contributed by atoms with van der Waals surface area (Å²) in [5, 5.41) is 0.0550. The molecular weight excluding hydrogens is 296 g/mol. The lowest BCUT2D eigenvalue weighted by molar-refractivity contribution is -0.228. The number of ether oxygens (including phenoxy) is 5.